The third-order valence-electron chi connectivity index (χ3n) is 4.18. The van der Waals surface area contributed by atoms with Gasteiger partial charge in [0.15, 0.2) is 0 Å². The summed E-state index contributed by atoms with van der Waals surface area (Å²) in [5.41, 5.74) is 2.88. The summed E-state index contributed by atoms with van der Waals surface area (Å²) in [7, 11) is 0. The molecule has 0 bridgehead atoms. The van der Waals surface area contributed by atoms with Gasteiger partial charge in [0.1, 0.15) is 4.32 Å². The molecule has 0 unspecified atom stereocenters. The lowest BCUT2D eigenvalue weighted by molar-refractivity contribution is -0.122. The molecule has 2 amide bonds. The highest BCUT2D eigenvalue weighted by molar-refractivity contribution is 9.10. The van der Waals surface area contributed by atoms with Crippen LogP contribution in [0.4, 0.5) is 5.69 Å². The van der Waals surface area contributed by atoms with Gasteiger partial charge in [0.2, 0.25) is 5.91 Å². The number of thiocarbonyl (C=S) groups is 1. The number of rotatable bonds is 6. The number of amides is 2. The zero-order valence-electron chi connectivity index (χ0n) is 15.3. The first kappa shape index (κ1) is 20.8. The van der Waals surface area contributed by atoms with Gasteiger partial charge in [-0.1, -0.05) is 65.9 Å². The average molecular weight is 475 g/mol. The van der Waals surface area contributed by atoms with Gasteiger partial charge in [-0.05, 0) is 53.0 Å². The lowest BCUT2D eigenvalue weighted by Gasteiger charge is -2.14. The first-order chi connectivity index (χ1) is 13.4. The van der Waals surface area contributed by atoms with E-state index in [4.69, 9.17) is 12.2 Å². The molecule has 3 rings (SSSR count). The van der Waals surface area contributed by atoms with Crippen molar-refractivity contribution in [2.24, 2.45) is 0 Å². The van der Waals surface area contributed by atoms with Gasteiger partial charge in [-0.15, -0.1) is 0 Å². The molecule has 2 aromatic carbocycles. The van der Waals surface area contributed by atoms with Gasteiger partial charge in [-0.25, -0.2) is 0 Å². The zero-order chi connectivity index (χ0) is 20.1. The van der Waals surface area contributed by atoms with Crippen LogP contribution in [0.5, 0.6) is 0 Å². The SMILES string of the molecule is Cc1ccc(C=C2SC(=S)N(CCCC(=O)Nc3ccccc3Br)C2=O)cc1. The Hall–Kier alpha value is -1.96. The molecular formula is C21H19BrN2O2S2. The van der Waals surface area contributed by atoms with Crippen molar-refractivity contribution < 1.29 is 9.59 Å². The second-order valence-electron chi connectivity index (χ2n) is 6.38. The van der Waals surface area contributed by atoms with Crippen LogP contribution in [-0.2, 0) is 9.59 Å². The van der Waals surface area contributed by atoms with Crippen molar-refractivity contribution in [3.63, 3.8) is 0 Å². The van der Waals surface area contributed by atoms with Gasteiger partial charge >= 0.3 is 0 Å². The predicted molar refractivity (Wildman–Crippen MR) is 123 cm³/mol. The summed E-state index contributed by atoms with van der Waals surface area (Å²) in [6, 6.07) is 15.4. The Bertz CT molecular complexity index is 942. The summed E-state index contributed by atoms with van der Waals surface area (Å²) in [6.45, 7) is 2.45. The average Bonchev–Trinajstić information content (AvgIpc) is 2.93. The van der Waals surface area contributed by atoms with Gasteiger partial charge in [0.25, 0.3) is 5.91 Å². The number of aryl methyl sites for hydroxylation is 1. The van der Waals surface area contributed by atoms with E-state index in [1.807, 2.05) is 61.5 Å². The van der Waals surface area contributed by atoms with E-state index in [1.54, 1.807) is 4.90 Å². The lowest BCUT2D eigenvalue weighted by Crippen LogP contribution is -2.29. The molecule has 0 aliphatic carbocycles. The van der Waals surface area contributed by atoms with E-state index in [0.29, 0.717) is 28.6 Å². The first-order valence-corrected chi connectivity index (χ1v) is 10.8. The Morgan fingerprint density at radius 3 is 2.64 bits per heavy atom. The monoisotopic (exact) mass is 474 g/mol. The molecule has 1 aliphatic heterocycles. The molecule has 0 aromatic heterocycles. The number of para-hydroxylation sites is 1. The third kappa shape index (κ3) is 5.31. The normalized spacial score (nSPS) is 15.4. The van der Waals surface area contributed by atoms with Gasteiger partial charge < -0.3 is 5.32 Å². The molecule has 0 radical (unpaired) electrons. The molecule has 0 spiro atoms. The topological polar surface area (TPSA) is 49.4 Å². The summed E-state index contributed by atoms with van der Waals surface area (Å²) in [6.07, 6.45) is 2.72. The standard InChI is InChI=1S/C21H19BrN2O2S2/c1-14-8-10-15(11-9-14)13-18-20(26)24(21(27)28-18)12-4-7-19(25)23-17-6-3-2-5-16(17)22/h2-3,5-6,8-11,13H,4,7,12H2,1H3,(H,23,25). The van der Waals surface area contributed by atoms with Crippen molar-refractivity contribution in [3.8, 4) is 0 Å². The maximum absolute atomic E-state index is 12.6. The number of thioether (sulfide) groups is 1. The van der Waals surface area contributed by atoms with Gasteiger partial charge in [-0.2, -0.15) is 0 Å². The number of nitrogens with one attached hydrogen (secondary N) is 1. The minimum atomic E-state index is -0.0956. The zero-order valence-corrected chi connectivity index (χ0v) is 18.5. The largest absolute Gasteiger partial charge is 0.325 e. The van der Waals surface area contributed by atoms with Gasteiger partial charge in [0, 0.05) is 17.4 Å². The smallest absolute Gasteiger partial charge is 0.266 e. The van der Waals surface area contributed by atoms with Crippen molar-refractivity contribution in [1.29, 1.82) is 0 Å². The third-order valence-corrected chi connectivity index (χ3v) is 6.25. The number of halogens is 1. The van der Waals surface area contributed by atoms with Crippen LogP contribution in [-0.4, -0.2) is 27.6 Å². The van der Waals surface area contributed by atoms with Crippen LogP contribution in [0, 0.1) is 6.92 Å². The minimum absolute atomic E-state index is 0.0902. The maximum atomic E-state index is 12.6. The van der Waals surface area contributed by atoms with Crippen LogP contribution in [0.15, 0.2) is 57.9 Å². The van der Waals surface area contributed by atoms with Crippen molar-refractivity contribution in [2.45, 2.75) is 19.8 Å². The number of benzene rings is 2. The Morgan fingerprint density at radius 2 is 1.93 bits per heavy atom. The van der Waals surface area contributed by atoms with Crippen molar-refractivity contribution >= 4 is 67.8 Å². The van der Waals surface area contributed by atoms with E-state index in [1.165, 1.54) is 17.3 Å². The summed E-state index contributed by atoms with van der Waals surface area (Å²) in [5.74, 6) is -0.186. The molecule has 1 saturated heterocycles. The van der Waals surface area contributed by atoms with Crippen LogP contribution < -0.4 is 5.32 Å². The van der Waals surface area contributed by atoms with Gasteiger partial charge in [0.05, 0.1) is 10.6 Å². The van der Waals surface area contributed by atoms with Crippen LogP contribution in [0.25, 0.3) is 6.08 Å². The second-order valence-corrected chi connectivity index (χ2v) is 8.91. The number of carbonyl (C=O) groups excluding carboxylic acids is 2. The van der Waals surface area contributed by atoms with Crippen molar-refractivity contribution in [3.05, 3.63) is 69.0 Å². The number of hydrogen-bond acceptors (Lipinski definition) is 4. The number of carbonyl (C=O) groups is 2. The Labute approximate surface area is 182 Å². The quantitative estimate of drug-likeness (QED) is 0.451. The van der Waals surface area contributed by atoms with Crippen molar-refractivity contribution in [1.82, 2.24) is 4.90 Å². The Morgan fingerprint density at radius 1 is 1.21 bits per heavy atom. The molecule has 28 heavy (non-hydrogen) atoms. The summed E-state index contributed by atoms with van der Waals surface area (Å²) in [5, 5.41) is 2.87. The highest BCUT2D eigenvalue weighted by Crippen LogP contribution is 2.32. The fourth-order valence-electron chi connectivity index (χ4n) is 2.68. The maximum Gasteiger partial charge on any atom is 0.266 e. The summed E-state index contributed by atoms with van der Waals surface area (Å²) < 4.78 is 1.37. The molecule has 144 valence electrons. The highest BCUT2D eigenvalue weighted by Gasteiger charge is 2.31. The Balaban J connectivity index is 1.54. The van der Waals surface area contributed by atoms with E-state index in [-0.39, 0.29) is 11.8 Å². The van der Waals surface area contributed by atoms with E-state index in [9.17, 15) is 9.59 Å². The number of nitrogens with zero attached hydrogens (tertiary/aromatic N) is 1. The molecule has 4 nitrogen and oxygen atoms in total. The number of hydrogen-bond donors (Lipinski definition) is 1. The van der Waals surface area contributed by atoms with Crippen LogP contribution in [0.1, 0.15) is 24.0 Å². The fourth-order valence-corrected chi connectivity index (χ4v) is 4.37. The first-order valence-electron chi connectivity index (χ1n) is 8.80. The van der Waals surface area contributed by atoms with E-state index in [2.05, 4.69) is 21.2 Å². The molecule has 0 saturated carbocycles. The van der Waals surface area contributed by atoms with E-state index < -0.39 is 0 Å². The van der Waals surface area contributed by atoms with Crippen LogP contribution in [0.3, 0.4) is 0 Å². The molecule has 1 heterocycles. The van der Waals surface area contributed by atoms with Gasteiger partial charge in [-0.3, -0.25) is 14.5 Å². The highest BCUT2D eigenvalue weighted by atomic mass is 79.9. The summed E-state index contributed by atoms with van der Waals surface area (Å²) >= 11 is 10.1. The van der Waals surface area contributed by atoms with E-state index >= 15 is 0 Å². The molecule has 7 heteroatoms. The van der Waals surface area contributed by atoms with Crippen molar-refractivity contribution in [2.75, 3.05) is 11.9 Å². The number of anilines is 1. The van der Waals surface area contributed by atoms with E-state index in [0.717, 1.165) is 15.7 Å². The Kier molecular flexibility index (Phi) is 7.04. The predicted octanol–water partition coefficient (Wildman–Crippen LogP) is 5.38. The van der Waals surface area contributed by atoms with Crippen LogP contribution >= 0.6 is 39.9 Å². The molecular weight excluding hydrogens is 456 g/mol. The molecule has 1 N–H and O–H groups in total. The molecule has 1 aliphatic rings. The van der Waals surface area contributed by atoms with Crippen LogP contribution in [0.2, 0.25) is 0 Å². The lowest BCUT2D eigenvalue weighted by atomic mass is 10.1. The second kappa shape index (κ2) is 9.49. The minimum Gasteiger partial charge on any atom is -0.325 e. The molecule has 2 aromatic rings. The molecule has 0 atom stereocenters. The molecule has 1 fully saturated rings. The summed E-state index contributed by atoms with van der Waals surface area (Å²) in [4.78, 5) is 27.0. The fraction of sp³-hybridized carbons (Fsp3) is 0.190.